The summed E-state index contributed by atoms with van der Waals surface area (Å²) in [5, 5.41) is 0. The van der Waals surface area contributed by atoms with Crippen molar-refractivity contribution in [1.29, 1.82) is 0 Å². The summed E-state index contributed by atoms with van der Waals surface area (Å²) in [7, 11) is 0. The topological polar surface area (TPSA) is 25.8 Å². The molecule has 0 aromatic carbocycles. The lowest BCUT2D eigenvalue weighted by atomic mass is 10.1. The predicted molar refractivity (Wildman–Crippen MR) is 59.4 cm³/mol. The largest absolute Gasteiger partial charge is 0.241 e. The highest BCUT2D eigenvalue weighted by molar-refractivity contribution is 5.13. The van der Waals surface area contributed by atoms with E-state index in [2.05, 4.69) is 23.8 Å². The molecule has 1 aromatic heterocycles. The van der Waals surface area contributed by atoms with Crippen LogP contribution in [0.3, 0.4) is 0 Å². The average Bonchev–Trinajstić information content (AvgIpc) is 3.04. The summed E-state index contributed by atoms with van der Waals surface area (Å²) in [5.74, 6) is 2.25. The molecular weight excluding hydrogens is 172 g/mol. The first-order chi connectivity index (χ1) is 6.77. The maximum absolute atomic E-state index is 4.35. The van der Waals surface area contributed by atoms with E-state index in [1.54, 1.807) is 0 Å². The van der Waals surface area contributed by atoms with Gasteiger partial charge in [0.2, 0.25) is 0 Å². The first-order valence-corrected chi connectivity index (χ1v) is 5.59. The van der Waals surface area contributed by atoms with E-state index < -0.39 is 0 Å². The Bertz CT molecular complexity index is 239. The van der Waals surface area contributed by atoms with Gasteiger partial charge in [-0.15, -0.1) is 0 Å². The summed E-state index contributed by atoms with van der Waals surface area (Å²) < 4.78 is 0. The van der Waals surface area contributed by atoms with Gasteiger partial charge >= 0.3 is 0 Å². The van der Waals surface area contributed by atoms with Gasteiger partial charge in [0.25, 0.3) is 0 Å². The zero-order valence-electron chi connectivity index (χ0n) is 9.62. The highest BCUT2D eigenvalue weighted by Gasteiger charge is 2.26. The molecule has 1 saturated carbocycles. The molecule has 2 nitrogen and oxygen atoms in total. The summed E-state index contributed by atoms with van der Waals surface area (Å²) in [6.45, 7) is 8.32. The molecular formula is C12H20N2. The summed E-state index contributed by atoms with van der Waals surface area (Å²) >= 11 is 0. The molecule has 0 bridgehead atoms. The van der Waals surface area contributed by atoms with Gasteiger partial charge in [-0.3, -0.25) is 0 Å². The third-order valence-corrected chi connectivity index (χ3v) is 2.30. The Morgan fingerprint density at radius 2 is 1.64 bits per heavy atom. The summed E-state index contributed by atoms with van der Waals surface area (Å²) in [6.07, 6.45) is 6.48. The molecule has 0 atom stereocenters. The maximum atomic E-state index is 4.35. The van der Waals surface area contributed by atoms with Gasteiger partial charge in [0.1, 0.15) is 5.82 Å². The second kappa shape index (κ2) is 5.08. The van der Waals surface area contributed by atoms with E-state index in [0.29, 0.717) is 11.8 Å². The Labute approximate surface area is 86.8 Å². The van der Waals surface area contributed by atoms with Crippen molar-refractivity contribution in [3.63, 3.8) is 0 Å². The minimum atomic E-state index is 0.540. The van der Waals surface area contributed by atoms with Crippen LogP contribution in [0.2, 0.25) is 0 Å². The van der Waals surface area contributed by atoms with Gasteiger partial charge in [-0.1, -0.05) is 27.7 Å². The zero-order valence-corrected chi connectivity index (χ0v) is 9.62. The number of hydrogen-bond acceptors (Lipinski definition) is 2. The number of rotatable bonds is 2. The lowest BCUT2D eigenvalue weighted by Gasteiger charge is -2.03. The van der Waals surface area contributed by atoms with Crippen molar-refractivity contribution in [3.8, 4) is 0 Å². The van der Waals surface area contributed by atoms with Crippen LogP contribution in [0.25, 0.3) is 0 Å². The van der Waals surface area contributed by atoms with Crippen LogP contribution in [0.5, 0.6) is 0 Å². The van der Waals surface area contributed by atoms with Gasteiger partial charge in [-0.25, -0.2) is 9.97 Å². The minimum absolute atomic E-state index is 0.540. The lowest BCUT2D eigenvalue weighted by molar-refractivity contribution is 0.822. The molecule has 0 aliphatic heterocycles. The molecule has 2 heteroatoms. The van der Waals surface area contributed by atoms with Crippen molar-refractivity contribution in [2.24, 2.45) is 0 Å². The molecule has 1 aliphatic rings. The number of aromatic nitrogens is 2. The van der Waals surface area contributed by atoms with E-state index in [9.17, 15) is 0 Å². The van der Waals surface area contributed by atoms with Crippen molar-refractivity contribution in [1.82, 2.24) is 9.97 Å². The average molecular weight is 192 g/mol. The van der Waals surface area contributed by atoms with E-state index in [1.165, 1.54) is 18.4 Å². The molecule has 0 spiro atoms. The normalized spacial score (nSPS) is 14.9. The maximum Gasteiger partial charge on any atom is 0.131 e. The Hall–Kier alpha value is -0.920. The quantitative estimate of drug-likeness (QED) is 0.716. The molecule has 0 amide bonds. The zero-order chi connectivity index (χ0) is 10.6. The summed E-state index contributed by atoms with van der Waals surface area (Å²) in [4.78, 5) is 8.70. The van der Waals surface area contributed by atoms with Crippen LogP contribution in [0.4, 0.5) is 0 Å². The first kappa shape index (κ1) is 11.2. The number of nitrogens with zero attached hydrogens (tertiary/aromatic N) is 2. The van der Waals surface area contributed by atoms with Gasteiger partial charge in [0, 0.05) is 18.3 Å². The molecule has 14 heavy (non-hydrogen) atoms. The van der Waals surface area contributed by atoms with Gasteiger partial charge < -0.3 is 0 Å². The molecule has 0 saturated heterocycles. The standard InChI is InChI=1S/C10H14N2.C2H6/c1-7(2)9-5-11-10(12-6-9)8-3-4-8;1-2/h5-8H,3-4H2,1-2H3;1-2H3. The molecule has 78 valence electrons. The Balaban J connectivity index is 0.000000461. The minimum Gasteiger partial charge on any atom is -0.241 e. The van der Waals surface area contributed by atoms with E-state index in [4.69, 9.17) is 0 Å². The molecule has 1 aromatic rings. The highest BCUT2D eigenvalue weighted by atomic mass is 14.9. The van der Waals surface area contributed by atoms with Crippen LogP contribution in [-0.4, -0.2) is 9.97 Å². The van der Waals surface area contributed by atoms with Gasteiger partial charge in [0.15, 0.2) is 0 Å². The molecule has 1 heterocycles. The van der Waals surface area contributed by atoms with Crippen LogP contribution in [-0.2, 0) is 0 Å². The monoisotopic (exact) mass is 192 g/mol. The molecule has 1 aliphatic carbocycles. The molecule has 1 fully saturated rings. The lowest BCUT2D eigenvalue weighted by Crippen LogP contribution is -1.95. The van der Waals surface area contributed by atoms with Gasteiger partial charge in [0.05, 0.1) is 0 Å². The van der Waals surface area contributed by atoms with Crippen molar-refractivity contribution in [3.05, 3.63) is 23.8 Å². The van der Waals surface area contributed by atoms with Crippen molar-refractivity contribution in [2.45, 2.75) is 52.4 Å². The first-order valence-electron chi connectivity index (χ1n) is 5.59. The molecule has 0 radical (unpaired) electrons. The van der Waals surface area contributed by atoms with E-state index >= 15 is 0 Å². The van der Waals surface area contributed by atoms with Crippen LogP contribution >= 0.6 is 0 Å². The second-order valence-electron chi connectivity index (χ2n) is 3.80. The smallest absolute Gasteiger partial charge is 0.131 e. The summed E-state index contributed by atoms with van der Waals surface area (Å²) in [6, 6.07) is 0. The fourth-order valence-corrected chi connectivity index (χ4v) is 1.20. The Morgan fingerprint density at radius 1 is 1.14 bits per heavy atom. The SMILES string of the molecule is CC.CC(C)c1cnc(C2CC2)nc1. The van der Waals surface area contributed by atoms with Crippen molar-refractivity contribution >= 4 is 0 Å². The molecule has 0 unspecified atom stereocenters. The highest BCUT2D eigenvalue weighted by Crippen LogP contribution is 2.37. The fraction of sp³-hybridized carbons (Fsp3) is 0.667. The van der Waals surface area contributed by atoms with Crippen molar-refractivity contribution in [2.75, 3.05) is 0 Å². The van der Waals surface area contributed by atoms with Crippen LogP contribution < -0.4 is 0 Å². The Kier molecular flexibility index (Phi) is 4.05. The van der Waals surface area contributed by atoms with Crippen LogP contribution in [0, 0.1) is 0 Å². The third kappa shape index (κ3) is 2.79. The number of hydrogen-bond donors (Lipinski definition) is 0. The van der Waals surface area contributed by atoms with Crippen LogP contribution in [0.1, 0.15) is 63.8 Å². The van der Waals surface area contributed by atoms with Gasteiger partial charge in [-0.2, -0.15) is 0 Å². The van der Waals surface area contributed by atoms with Crippen LogP contribution in [0.15, 0.2) is 12.4 Å². The van der Waals surface area contributed by atoms with E-state index in [0.717, 1.165) is 5.82 Å². The second-order valence-corrected chi connectivity index (χ2v) is 3.80. The fourth-order valence-electron chi connectivity index (χ4n) is 1.20. The van der Waals surface area contributed by atoms with Gasteiger partial charge in [-0.05, 0) is 24.3 Å². The van der Waals surface area contributed by atoms with E-state index in [-0.39, 0.29) is 0 Å². The van der Waals surface area contributed by atoms with Crippen molar-refractivity contribution < 1.29 is 0 Å². The van der Waals surface area contributed by atoms with E-state index in [1.807, 2.05) is 26.2 Å². The molecule has 2 rings (SSSR count). The molecule has 0 N–H and O–H groups in total. The Morgan fingerprint density at radius 3 is 2.00 bits per heavy atom. The third-order valence-electron chi connectivity index (χ3n) is 2.30. The summed E-state index contributed by atoms with van der Waals surface area (Å²) in [5.41, 5.74) is 1.24. The predicted octanol–water partition coefficient (Wildman–Crippen LogP) is 3.50.